The Labute approximate surface area is 171 Å². The van der Waals surface area contributed by atoms with Crippen LogP contribution in [0.25, 0.3) is 16.9 Å². The molecular formula is C20H14F3N5O3. The second-order valence-electron chi connectivity index (χ2n) is 7.23. The summed E-state index contributed by atoms with van der Waals surface area (Å²) in [5, 5.41) is 4.40. The van der Waals surface area contributed by atoms with Crippen molar-refractivity contribution in [2.75, 3.05) is 0 Å². The van der Waals surface area contributed by atoms with Gasteiger partial charge in [0.1, 0.15) is 5.75 Å². The molecule has 0 spiro atoms. The first-order chi connectivity index (χ1) is 14.8. The number of aromatic nitrogens is 5. The van der Waals surface area contributed by atoms with Gasteiger partial charge in [0.2, 0.25) is 0 Å². The van der Waals surface area contributed by atoms with Gasteiger partial charge in [-0.25, -0.2) is 14.3 Å². The van der Waals surface area contributed by atoms with E-state index in [1.807, 2.05) is 0 Å². The second-order valence-corrected chi connectivity index (χ2v) is 7.23. The summed E-state index contributed by atoms with van der Waals surface area (Å²) in [4.78, 5) is 32.5. The Morgan fingerprint density at radius 1 is 1.13 bits per heavy atom. The molecule has 0 saturated heterocycles. The van der Waals surface area contributed by atoms with Gasteiger partial charge in [-0.15, -0.1) is 13.2 Å². The number of rotatable bonds is 4. The number of fused-ring (bicyclic) bond motifs is 1. The van der Waals surface area contributed by atoms with Crippen LogP contribution in [0.4, 0.5) is 13.2 Å². The monoisotopic (exact) mass is 429 g/mol. The molecule has 1 aliphatic rings. The molecule has 8 nitrogen and oxygen atoms in total. The van der Waals surface area contributed by atoms with Gasteiger partial charge < -0.3 is 9.72 Å². The predicted octanol–water partition coefficient (Wildman–Crippen LogP) is 2.94. The van der Waals surface area contributed by atoms with Crippen LogP contribution >= 0.6 is 0 Å². The van der Waals surface area contributed by atoms with Crippen LogP contribution in [-0.4, -0.2) is 30.9 Å². The minimum Gasteiger partial charge on any atom is -0.406 e. The molecule has 0 amide bonds. The number of alkyl halides is 3. The van der Waals surface area contributed by atoms with Crippen LogP contribution in [0.1, 0.15) is 29.4 Å². The second kappa shape index (κ2) is 6.83. The summed E-state index contributed by atoms with van der Waals surface area (Å²) in [6, 6.07) is 7.58. The predicted molar refractivity (Wildman–Crippen MR) is 103 cm³/mol. The Morgan fingerprint density at radius 3 is 2.61 bits per heavy atom. The van der Waals surface area contributed by atoms with Crippen molar-refractivity contribution in [2.45, 2.75) is 24.6 Å². The van der Waals surface area contributed by atoms with E-state index in [0.717, 1.165) is 17.5 Å². The lowest BCUT2D eigenvalue weighted by atomic mass is 10.0. The van der Waals surface area contributed by atoms with Crippen molar-refractivity contribution in [3.05, 3.63) is 80.9 Å². The highest BCUT2D eigenvalue weighted by molar-refractivity contribution is 5.63. The molecule has 1 fully saturated rings. The molecule has 1 saturated carbocycles. The van der Waals surface area contributed by atoms with E-state index in [2.05, 4.69) is 24.8 Å². The molecule has 4 aromatic rings. The van der Waals surface area contributed by atoms with Crippen LogP contribution in [0.5, 0.6) is 5.75 Å². The van der Waals surface area contributed by atoms with Gasteiger partial charge in [-0.1, -0.05) is 12.1 Å². The summed E-state index contributed by atoms with van der Waals surface area (Å²) in [6.07, 6.45) is 0.590. The largest absolute Gasteiger partial charge is 0.573 e. The highest BCUT2D eigenvalue weighted by Gasteiger charge is 2.41. The molecule has 5 rings (SSSR count). The van der Waals surface area contributed by atoms with Gasteiger partial charge in [0.05, 0.1) is 11.3 Å². The molecule has 0 radical (unpaired) electrons. The van der Waals surface area contributed by atoms with Gasteiger partial charge in [-0.05, 0) is 42.0 Å². The van der Waals surface area contributed by atoms with Crippen molar-refractivity contribution >= 4 is 5.65 Å². The summed E-state index contributed by atoms with van der Waals surface area (Å²) in [5.74, 6) is -0.125. The van der Waals surface area contributed by atoms with Gasteiger partial charge in [-0.3, -0.25) is 9.78 Å². The van der Waals surface area contributed by atoms with E-state index in [-0.39, 0.29) is 23.1 Å². The number of halogens is 3. The lowest BCUT2D eigenvalue weighted by molar-refractivity contribution is -0.274. The molecule has 3 aromatic heterocycles. The Morgan fingerprint density at radius 2 is 1.90 bits per heavy atom. The molecule has 11 heteroatoms. The molecule has 3 heterocycles. The maximum Gasteiger partial charge on any atom is 0.573 e. The van der Waals surface area contributed by atoms with Crippen molar-refractivity contribution in [3.8, 4) is 17.0 Å². The van der Waals surface area contributed by atoms with Gasteiger partial charge >= 0.3 is 12.1 Å². The summed E-state index contributed by atoms with van der Waals surface area (Å²) >= 11 is 0. The van der Waals surface area contributed by atoms with E-state index < -0.39 is 17.6 Å². The van der Waals surface area contributed by atoms with E-state index >= 15 is 0 Å². The number of hydrogen-bond donors (Lipinski definition) is 2. The first-order valence-corrected chi connectivity index (χ1v) is 9.31. The lowest BCUT2D eigenvalue weighted by Gasteiger charge is -2.10. The van der Waals surface area contributed by atoms with Crippen LogP contribution in [0, 0.1) is 0 Å². The van der Waals surface area contributed by atoms with E-state index in [9.17, 15) is 22.8 Å². The maximum atomic E-state index is 12.4. The number of hydrogen-bond acceptors (Lipinski definition) is 5. The van der Waals surface area contributed by atoms with Gasteiger partial charge in [-0.2, -0.15) is 5.10 Å². The summed E-state index contributed by atoms with van der Waals surface area (Å²) in [6.45, 7) is 0. The minimum atomic E-state index is -4.73. The molecule has 1 aromatic carbocycles. The normalized spacial score (nSPS) is 18.3. The number of ether oxygens (including phenoxy) is 1. The van der Waals surface area contributed by atoms with Crippen molar-refractivity contribution < 1.29 is 17.9 Å². The van der Waals surface area contributed by atoms with Crippen LogP contribution in [0.3, 0.4) is 0 Å². The minimum absolute atomic E-state index is 0.0582. The van der Waals surface area contributed by atoms with Crippen molar-refractivity contribution in [1.29, 1.82) is 0 Å². The van der Waals surface area contributed by atoms with E-state index in [1.54, 1.807) is 35.1 Å². The standard InChI is InChI=1S/C20H14F3N5O3/c21-20(22,23)31-11-3-1-10(2-4-11)12-7-13(12)14-8-16(27-28-6-5-24-17(14)28)15-9-25-19(30)26-18(15)29/h1-6,8-9,12-13H,7H2,(H2,25,26,29,30)/t12-,13+/m0/s1. The molecule has 2 N–H and O–H groups in total. The number of nitrogens with one attached hydrogen (secondary N) is 2. The Hall–Kier alpha value is -3.89. The Kier molecular flexibility index (Phi) is 4.20. The van der Waals surface area contributed by atoms with E-state index in [0.29, 0.717) is 11.3 Å². The quantitative estimate of drug-likeness (QED) is 0.519. The molecule has 2 atom stereocenters. The van der Waals surface area contributed by atoms with Crippen molar-refractivity contribution in [2.24, 2.45) is 0 Å². The smallest absolute Gasteiger partial charge is 0.406 e. The van der Waals surface area contributed by atoms with Crippen LogP contribution < -0.4 is 16.0 Å². The molecule has 0 unspecified atom stereocenters. The average Bonchev–Trinajstić information content (AvgIpc) is 3.35. The van der Waals surface area contributed by atoms with Crippen LogP contribution in [-0.2, 0) is 0 Å². The summed E-state index contributed by atoms with van der Waals surface area (Å²) in [5.41, 5.74) is 1.78. The molecule has 1 aliphatic carbocycles. The molecule has 158 valence electrons. The molecule has 0 bridgehead atoms. The van der Waals surface area contributed by atoms with E-state index in [1.165, 1.54) is 18.3 Å². The third-order valence-electron chi connectivity index (χ3n) is 5.21. The van der Waals surface area contributed by atoms with Crippen LogP contribution in [0.15, 0.2) is 58.5 Å². The maximum absolute atomic E-state index is 12.4. The van der Waals surface area contributed by atoms with Gasteiger partial charge in [0, 0.05) is 24.2 Å². The molecule has 0 aliphatic heterocycles. The number of aromatic amines is 2. The summed E-state index contributed by atoms with van der Waals surface area (Å²) in [7, 11) is 0. The average molecular weight is 429 g/mol. The number of benzene rings is 1. The van der Waals surface area contributed by atoms with E-state index in [4.69, 9.17) is 0 Å². The van der Waals surface area contributed by atoms with Gasteiger partial charge in [0.15, 0.2) is 5.65 Å². The highest BCUT2D eigenvalue weighted by Crippen LogP contribution is 2.55. The third kappa shape index (κ3) is 3.69. The number of nitrogens with zero attached hydrogens (tertiary/aromatic N) is 3. The number of imidazole rings is 1. The number of H-pyrrole nitrogens is 2. The topological polar surface area (TPSA) is 105 Å². The Balaban J connectivity index is 1.48. The zero-order valence-electron chi connectivity index (χ0n) is 15.7. The van der Waals surface area contributed by atoms with Crippen molar-refractivity contribution in [1.82, 2.24) is 24.6 Å². The van der Waals surface area contributed by atoms with Crippen molar-refractivity contribution in [3.63, 3.8) is 0 Å². The summed E-state index contributed by atoms with van der Waals surface area (Å²) < 4.78 is 42.6. The molecule has 31 heavy (non-hydrogen) atoms. The fourth-order valence-electron chi connectivity index (χ4n) is 3.77. The third-order valence-corrected chi connectivity index (χ3v) is 5.21. The first kappa shape index (κ1) is 19.1. The fourth-order valence-corrected chi connectivity index (χ4v) is 3.77. The zero-order valence-corrected chi connectivity index (χ0v) is 15.7. The SMILES string of the molecule is O=c1[nH]cc(-c2cc([C@@H]3C[C@H]3c3ccc(OC(F)(F)F)cc3)c3nccn3n2)c(=O)[nH]1. The Bertz CT molecular complexity index is 1390. The first-order valence-electron chi connectivity index (χ1n) is 9.31. The highest BCUT2D eigenvalue weighted by atomic mass is 19.4. The lowest BCUT2D eigenvalue weighted by Crippen LogP contribution is -2.23. The van der Waals surface area contributed by atoms with Crippen LogP contribution in [0.2, 0.25) is 0 Å². The molecular weight excluding hydrogens is 415 g/mol. The fraction of sp³-hybridized carbons (Fsp3) is 0.200. The van der Waals surface area contributed by atoms with Gasteiger partial charge in [0.25, 0.3) is 5.56 Å². The zero-order chi connectivity index (χ0) is 21.8.